The largest absolute Gasteiger partial charge is 0.397 e. The summed E-state index contributed by atoms with van der Waals surface area (Å²) in [5.41, 5.74) is 7.07. The smallest absolute Gasteiger partial charge is 0.165 e. The molecule has 1 aromatic heterocycles. The number of hydrogen-bond donors (Lipinski definition) is 1. The normalized spacial score (nSPS) is 10.7. The number of rotatable bonds is 2. The van der Waals surface area contributed by atoms with Crippen LogP contribution in [0.15, 0.2) is 18.5 Å². The lowest BCUT2D eigenvalue weighted by atomic mass is 10.1. The molecule has 4 nitrogen and oxygen atoms in total. The van der Waals surface area contributed by atoms with Gasteiger partial charge in [0.15, 0.2) is 5.82 Å². The highest BCUT2D eigenvalue weighted by Crippen LogP contribution is 2.33. The second kappa shape index (κ2) is 4.31. The van der Waals surface area contributed by atoms with E-state index < -0.39 is 0 Å². The SMILES string of the molecule is CCn1cnnc1-c1cc(Cl)cc(Cl)c1N. The third kappa shape index (κ3) is 1.86. The third-order valence-electron chi connectivity index (χ3n) is 2.29. The zero-order valence-corrected chi connectivity index (χ0v) is 10.1. The number of nitrogen functional groups attached to an aromatic ring is 1. The Morgan fingerprint density at radius 2 is 2.12 bits per heavy atom. The molecule has 0 saturated heterocycles. The fourth-order valence-corrected chi connectivity index (χ4v) is 1.96. The minimum atomic E-state index is 0.424. The van der Waals surface area contributed by atoms with Crippen LogP contribution in [0.4, 0.5) is 5.69 Å². The van der Waals surface area contributed by atoms with Crippen molar-refractivity contribution in [2.24, 2.45) is 0 Å². The van der Waals surface area contributed by atoms with Gasteiger partial charge in [-0.3, -0.25) is 0 Å². The zero-order valence-electron chi connectivity index (χ0n) is 8.61. The van der Waals surface area contributed by atoms with Crippen molar-refractivity contribution in [3.05, 3.63) is 28.5 Å². The van der Waals surface area contributed by atoms with E-state index in [1.54, 1.807) is 18.5 Å². The van der Waals surface area contributed by atoms with Gasteiger partial charge in [-0.1, -0.05) is 23.2 Å². The molecule has 16 heavy (non-hydrogen) atoms. The lowest BCUT2D eigenvalue weighted by molar-refractivity contribution is 0.767. The van der Waals surface area contributed by atoms with Crippen LogP contribution < -0.4 is 5.73 Å². The van der Waals surface area contributed by atoms with Crippen LogP contribution >= 0.6 is 23.2 Å². The van der Waals surface area contributed by atoms with Gasteiger partial charge in [0, 0.05) is 17.1 Å². The fraction of sp³-hybridized carbons (Fsp3) is 0.200. The summed E-state index contributed by atoms with van der Waals surface area (Å²) in [5.74, 6) is 0.671. The lowest BCUT2D eigenvalue weighted by Gasteiger charge is -2.08. The summed E-state index contributed by atoms with van der Waals surface area (Å²) in [6, 6.07) is 3.34. The topological polar surface area (TPSA) is 56.7 Å². The molecule has 1 heterocycles. The standard InChI is InChI=1S/C10H10Cl2N4/c1-2-16-5-14-15-10(16)7-3-6(11)4-8(12)9(7)13/h3-5H,2,13H2,1H3. The molecular formula is C10H10Cl2N4. The molecule has 0 aliphatic carbocycles. The Morgan fingerprint density at radius 1 is 1.38 bits per heavy atom. The van der Waals surface area contributed by atoms with Gasteiger partial charge in [0.25, 0.3) is 0 Å². The van der Waals surface area contributed by atoms with Crippen LogP contribution in [-0.2, 0) is 6.54 Å². The first-order valence-electron chi connectivity index (χ1n) is 4.76. The molecule has 0 spiro atoms. The van der Waals surface area contributed by atoms with Gasteiger partial charge in [0.1, 0.15) is 6.33 Å². The number of nitrogens with zero attached hydrogens (tertiary/aromatic N) is 3. The summed E-state index contributed by atoms with van der Waals surface area (Å²) >= 11 is 11.9. The maximum Gasteiger partial charge on any atom is 0.165 e. The molecule has 84 valence electrons. The monoisotopic (exact) mass is 256 g/mol. The Bertz CT molecular complexity index is 522. The van der Waals surface area contributed by atoms with E-state index in [4.69, 9.17) is 28.9 Å². The lowest BCUT2D eigenvalue weighted by Crippen LogP contribution is -1.99. The molecule has 0 amide bonds. The number of anilines is 1. The highest BCUT2D eigenvalue weighted by molar-refractivity contribution is 6.37. The summed E-state index contributed by atoms with van der Waals surface area (Å²) in [7, 11) is 0. The first-order valence-corrected chi connectivity index (χ1v) is 5.51. The zero-order chi connectivity index (χ0) is 11.7. The Morgan fingerprint density at radius 3 is 2.81 bits per heavy atom. The van der Waals surface area contributed by atoms with E-state index in [2.05, 4.69) is 10.2 Å². The number of aryl methyl sites for hydroxylation is 1. The molecule has 1 aromatic carbocycles. The number of nitrogens with two attached hydrogens (primary N) is 1. The summed E-state index contributed by atoms with van der Waals surface area (Å²) in [6.07, 6.45) is 1.64. The second-order valence-corrected chi connectivity index (χ2v) is 4.13. The minimum absolute atomic E-state index is 0.424. The van der Waals surface area contributed by atoms with Gasteiger partial charge < -0.3 is 10.3 Å². The molecule has 0 aliphatic rings. The van der Waals surface area contributed by atoms with Crippen molar-refractivity contribution in [3.8, 4) is 11.4 Å². The third-order valence-corrected chi connectivity index (χ3v) is 2.82. The van der Waals surface area contributed by atoms with Gasteiger partial charge in [-0.15, -0.1) is 10.2 Å². The maximum absolute atomic E-state index is 5.96. The average Bonchev–Trinajstić information content (AvgIpc) is 2.71. The van der Waals surface area contributed by atoms with Crippen LogP contribution in [0.25, 0.3) is 11.4 Å². The van der Waals surface area contributed by atoms with Crippen molar-refractivity contribution in [1.82, 2.24) is 14.8 Å². The predicted octanol–water partition coefficient (Wildman–Crippen LogP) is 2.85. The molecular weight excluding hydrogens is 247 g/mol. The van der Waals surface area contributed by atoms with E-state index in [0.717, 1.165) is 6.54 Å². The molecule has 0 unspecified atom stereocenters. The Labute approximate surface area is 103 Å². The summed E-state index contributed by atoms with van der Waals surface area (Å²) < 4.78 is 1.87. The van der Waals surface area contributed by atoms with E-state index in [-0.39, 0.29) is 0 Å². The van der Waals surface area contributed by atoms with Gasteiger partial charge in [0.05, 0.1) is 10.7 Å². The van der Waals surface area contributed by atoms with Gasteiger partial charge in [-0.2, -0.15) is 0 Å². The predicted molar refractivity (Wildman–Crippen MR) is 65.6 cm³/mol. The van der Waals surface area contributed by atoms with Crippen LogP contribution in [0.2, 0.25) is 10.0 Å². The van der Waals surface area contributed by atoms with Crippen LogP contribution in [0, 0.1) is 0 Å². The van der Waals surface area contributed by atoms with Gasteiger partial charge in [-0.05, 0) is 19.1 Å². The molecule has 0 bridgehead atoms. The van der Waals surface area contributed by atoms with E-state index in [1.807, 2.05) is 11.5 Å². The minimum Gasteiger partial charge on any atom is -0.397 e. The molecule has 2 aromatic rings. The highest BCUT2D eigenvalue weighted by Gasteiger charge is 2.13. The summed E-state index contributed by atoms with van der Waals surface area (Å²) in [5, 5.41) is 8.81. The molecule has 0 atom stereocenters. The second-order valence-electron chi connectivity index (χ2n) is 3.29. The number of aromatic nitrogens is 3. The molecule has 0 saturated carbocycles. The molecule has 0 radical (unpaired) electrons. The average molecular weight is 257 g/mol. The first-order chi connectivity index (χ1) is 7.63. The van der Waals surface area contributed by atoms with Gasteiger partial charge >= 0.3 is 0 Å². The van der Waals surface area contributed by atoms with Crippen LogP contribution in [-0.4, -0.2) is 14.8 Å². The Hall–Kier alpha value is -1.26. The Balaban J connectivity index is 2.64. The van der Waals surface area contributed by atoms with Crippen molar-refractivity contribution >= 4 is 28.9 Å². The van der Waals surface area contributed by atoms with Crippen molar-refractivity contribution in [2.75, 3.05) is 5.73 Å². The number of hydrogen-bond acceptors (Lipinski definition) is 3. The van der Waals surface area contributed by atoms with Crippen LogP contribution in [0.3, 0.4) is 0 Å². The quantitative estimate of drug-likeness (QED) is 0.841. The molecule has 6 heteroatoms. The van der Waals surface area contributed by atoms with E-state index in [1.165, 1.54) is 0 Å². The number of halogens is 2. The molecule has 0 fully saturated rings. The van der Waals surface area contributed by atoms with Crippen LogP contribution in [0.1, 0.15) is 6.92 Å². The van der Waals surface area contributed by atoms with Crippen molar-refractivity contribution < 1.29 is 0 Å². The van der Waals surface area contributed by atoms with Crippen molar-refractivity contribution in [1.29, 1.82) is 0 Å². The van der Waals surface area contributed by atoms with Crippen molar-refractivity contribution in [3.63, 3.8) is 0 Å². The van der Waals surface area contributed by atoms with E-state index in [9.17, 15) is 0 Å². The van der Waals surface area contributed by atoms with Crippen molar-refractivity contribution in [2.45, 2.75) is 13.5 Å². The Kier molecular flexibility index (Phi) is 3.03. The van der Waals surface area contributed by atoms with Gasteiger partial charge in [-0.25, -0.2) is 0 Å². The maximum atomic E-state index is 5.96. The molecule has 0 aliphatic heterocycles. The molecule has 2 rings (SSSR count). The number of benzene rings is 1. The van der Waals surface area contributed by atoms with Crippen LogP contribution in [0.5, 0.6) is 0 Å². The molecule has 2 N–H and O–H groups in total. The van der Waals surface area contributed by atoms with Gasteiger partial charge in [0.2, 0.25) is 0 Å². The first kappa shape index (κ1) is 11.2. The fourth-order valence-electron chi connectivity index (χ4n) is 1.46. The van der Waals surface area contributed by atoms with E-state index in [0.29, 0.717) is 27.1 Å². The van der Waals surface area contributed by atoms with E-state index >= 15 is 0 Å². The summed E-state index contributed by atoms with van der Waals surface area (Å²) in [4.78, 5) is 0. The highest BCUT2D eigenvalue weighted by atomic mass is 35.5. The summed E-state index contributed by atoms with van der Waals surface area (Å²) in [6.45, 7) is 2.75.